The molecule has 1 atom stereocenters. The molecular weight excluding hydrogens is 266 g/mol. The Hall–Kier alpha value is -1.78. The van der Waals surface area contributed by atoms with Gasteiger partial charge in [-0.3, -0.25) is 0 Å². The molecule has 0 aromatic carbocycles. The molecule has 1 aliphatic heterocycles. The van der Waals surface area contributed by atoms with E-state index < -0.39 is 5.60 Å². The molecule has 0 aliphatic carbocycles. The second kappa shape index (κ2) is 6.33. The van der Waals surface area contributed by atoms with Crippen molar-refractivity contribution in [1.29, 1.82) is 0 Å². The first-order chi connectivity index (χ1) is 9.90. The summed E-state index contributed by atoms with van der Waals surface area (Å²) in [5.74, 6) is 0.864. The Morgan fingerprint density at radius 1 is 1.48 bits per heavy atom. The number of carbonyl (C=O) groups is 1. The molecule has 1 aliphatic rings. The van der Waals surface area contributed by atoms with Crippen LogP contribution in [-0.2, 0) is 4.74 Å². The summed E-state index contributed by atoms with van der Waals surface area (Å²) in [6.07, 6.45) is 3.58. The first-order valence-electron chi connectivity index (χ1n) is 7.60. The lowest BCUT2D eigenvalue weighted by atomic mass is 10.1. The van der Waals surface area contributed by atoms with Gasteiger partial charge in [0.1, 0.15) is 11.4 Å². The van der Waals surface area contributed by atoms with E-state index in [-0.39, 0.29) is 12.1 Å². The summed E-state index contributed by atoms with van der Waals surface area (Å²) in [6, 6.07) is 4.07. The number of carbonyl (C=O) groups excluding carboxylic acids is 1. The van der Waals surface area contributed by atoms with Gasteiger partial charge >= 0.3 is 6.09 Å². The molecular formula is C16H25N3O2. The van der Waals surface area contributed by atoms with Crippen molar-refractivity contribution in [2.75, 3.05) is 18.4 Å². The third kappa shape index (κ3) is 4.09. The SMILES string of the molecule is CCNc1ccc([C@@H]2CCCN2C(=O)OC(C)(C)C)cn1. The summed E-state index contributed by atoms with van der Waals surface area (Å²) in [5, 5.41) is 3.17. The number of anilines is 1. The third-order valence-electron chi connectivity index (χ3n) is 3.41. The van der Waals surface area contributed by atoms with Crippen LogP contribution in [0.4, 0.5) is 10.6 Å². The maximum atomic E-state index is 12.3. The van der Waals surface area contributed by atoms with Crippen molar-refractivity contribution in [1.82, 2.24) is 9.88 Å². The van der Waals surface area contributed by atoms with E-state index in [1.807, 2.05) is 50.9 Å². The summed E-state index contributed by atoms with van der Waals surface area (Å²) < 4.78 is 5.49. The van der Waals surface area contributed by atoms with Gasteiger partial charge in [0, 0.05) is 19.3 Å². The summed E-state index contributed by atoms with van der Waals surface area (Å²) in [5.41, 5.74) is 0.609. The standard InChI is InChI=1S/C16H25N3O2/c1-5-17-14-9-8-12(11-18-14)13-7-6-10-19(13)15(20)21-16(2,3)4/h8-9,11,13H,5-7,10H2,1-4H3,(H,17,18)/t13-/m0/s1. The van der Waals surface area contributed by atoms with Gasteiger partial charge in [0.15, 0.2) is 0 Å². The first-order valence-corrected chi connectivity index (χ1v) is 7.60. The predicted octanol–water partition coefficient (Wildman–Crippen LogP) is 3.59. The second-order valence-corrected chi connectivity index (χ2v) is 6.34. The molecule has 116 valence electrons. The van der Waals surface area contributed by atoms with E-state index in [4.69, 9.17) is 4.74 Å². The zero-order valence-electron chi connectivity index (χ0n) is 13.3. The van der Waals surface area contributed by atoms with E-state index in [2.05, 4.69) is 10.3 Å². The fourth-order valence-electron chi connectivity index (χ4n) is 2.54. The van der Waals surface area contributed by atoms with Crippen LogP contribution >= 0.6 is 0 Å². The fourth-order valence-corrected chi connectivity index (χ4v) is 2.54. The molecule has 2 heterocycles. The number of rotatable bonds is 3. The van der Waals surface area contributed by atoms with Crippen molar-refractivity contribution in [3.05, 3.63) is 23.9 Å². The maximum Gasteiger partial charge on any atom is 0.410 e. The fraction of sp³-hybridized carbons (Fsp3) is 0.625. The predicted molar refractivity (Wildman–Crippen MR) is 83.3 cm³/mol. The summed E-state index contributed by atoms with van der Waals surface area (Å²) in [6.45, 7) is 9.30. The van der Waals surface area contributed by atoms with E-state index in [0.29, 0.717) is 0 Å². The Bertz CT molecular complexity index is 479. The largest absolute Gasteiger partial charge is 0.444 e. The topological polar surface area (TPSA) is 54.5 Å². The molecule has 1 fully saturated rings. The van der Waals surface area contributed by atoms with E-state index in [0.717, 1.165) is 37.3 Å². The van der Waals surface area contributed by atoms with E-state index in [9.17, 15) is 4.79 Å². The average Bonchev–Trinajstić information content (AvgIpc) is 2.87. The second-order valence-electron chi connectivity index (χ2n) is 6.34. The number of nitrogens with one attached hydrogen (secondary N) is 1. The first kappa shape index (κ1) is 15.6. The van der Waals surface area contributed by atoms with Crippen molar-refractivity contribution in [2.45, 2.75) is 52.2 Å². The zero-order chi connectivity index (χ0) is 15.5. The molecule has 0 bridgehead atoms. The van der Waals surface area contributed by atoms with Gasteiger partial charge in [0.25, 0.3) is 0 Å². The lowest BCUT2D eigenvalue weighted by Crippen LogP contribution is -2.36. The van der Waals surface area contributed by atoms with Gasteiger partial charge in [0.2, 0.25) is 0 Å². The monoisotopic (exact) mass is 291 g/mol. The molecule has 0 unspecified atom stereocenters. The highest BCUT2D eigenvalue weighted by Gasteiger charge is 2.33. The highest BCUT2D eigenvalue weighted by Crippen LogP contribution is 2.33. The van der Waals surface area contributed by atoms with E-state index >= 15 is 0 Å². The Labute approximate surface area is 126 Å². The number of pyridine rings is 1. The maximum absolute atomic E-state index is 12.3. The Kier molecular flexibility index (Phi) is 4.70. The zero-order valence-corrected chi connectivity index (χ0v) is 13.3. The van der Waals surface area contributed by atoms with E-state index in [1.54, 1.807) is 0 Å². The van der Waals surface area contributed by atoms with Gasteiger partial charge in [-0.25, -0.2) is 9.78 Å². The van der Waals surface area contributed by atoms with Gasteiger partial charge in [-0.05, 0) is 52.2 Å². The molecule has 0 radical (unpaired) electrons. The van der Waals surface area contributed by atoms with Crippen LogP contribution in [0.25, 0.3) is 0 Å². The molecule has 2 rings (SSSR count). The van der Waals surface area contributed by atoms with E-state index in [1.165, 1.54) is 0 Å². The van der Waals surface area contributed by atoms with Gasteiger partial charge in [-0.1, -0.05) is 6.07 Å². The molecule has 0 spiro atoms. The smallest absolute Gasteiger partial charge is 0.410 e. The lowest BCUT2D eigenvalue weighted by molar-refractivity contribution is 0.0224. The number of hydrogen-bond acceptors (Lipinski definition) is 4. The number of aromatic nitrogens is 1. The number of ether oxygens (including phenoxy) is 1. The van der Waals surface area contributed by atoms with Crippen LogP contribution < -0.4 is 5.32 Å². The number of likely N-dealkylation sites (tertiary alicyclic amines) is 1. The summed E-state index contributed by atoms with van der Waals surface area (Å²) >= 11 is 0. The lowest BCUT2D eigenvalue weighted by Gasteiger charge is -2.28. The van der Waals surface area contributed by atoms with Crippen LogP contribution in [0.5, 0.6) is 0 Å². The molecule has 5 nitrogen and oxygen atoms in total. The number of hydrogen-bond donors (Lipinski definition) is 1. The van der Waals surface area contributed by atoms with Crippen LogP contribution in [0, 0.1) is 0 Å². The molecule has 1 N–H and O–H groups in total. The van der Waals surface area contributed by atoms with Gasteiger partial charge in [0.05, 0.1) is 6.04 Å². The van der Waals surface area contributed by atoms with Crippen LogP contribution in [0.1, 0.15) is 52.1 Å². The molecule has 0 saturated carbocycles. The summed E-state index contributed by atoms with van der Waals surface area (Å²) in [7, 11) is 0. The highest BCUT2D eigenvalue weighted by molar-refractivity contribution is 5.69. The van der Waals surface area contributed by atoms with Gasteiger partial charge in [-0.2, -0.15) is 0 Å². The minimum atomic E-state index is -0.461. The van der Waals surface area contributed by atoms with Crippen molar-refractivity contribution in [3.8, 4) is 0 Å². The normalized spacial score (nSPS) is 18.7. The van der Waals surface area contributed by atoms with Crippen LogP contribution in [0.3, 0.4) is 0 Å². The van der Waals surface area contributed by atoms with Crippen LogP contribution in [0.15, 0.2) is 18.3 Å². The number of nitrogens with zero attached hydrogens (tertiary/aromatic N) is 2. The van der Waals surface area contributed by atoms with Crippen molar-refractivity contribution in [3.63, 3.8) is 0 Å². The molecule has 5 heteroatoms. The minimum Gasteiger partial charge on any atom is -0.444 e. The Balaban J connectivity index is 2.09. The average molecular weight is 291 g/mol. The molecule has 1 aromatic rings. The molecule has 1 amide bonds. The van der Waals surface area contributed by atoms with Crippen molar-refractivity contribution < 1.29 is 9.53 Å². The quantitative estimate of drug-likeness (QED) is 0.924. The Morgan fingerprint density at radius 2 is 2.24 bits per heavy atom. The van der Waals surface area contributed by atoms with Crippen molar-refractivity contribution in [2.24, 2.45) is 0 Å². The van der Waals surface area contributed by atoms with Crippen LogP contribution in [-0.4, -0.2) is 34.7 Å². The van der Waals surface area contributed by atoms with Crippen LogP contribution in [0.2, 0.25) is 0 Å². The minimum absolute atomic E-state index is 0.0722. The number of amides is 1. The third-order valence-corrected chi connectivity index (χ3v) is 3.41. The summed E-state index contributed by atoms with van der Waals surface area (Å²) in [4.78, 5) is 18.5. The molecule has 21 heavy (non-hydrogen) atoms. The molecule has 1 saturated heterocycles. The molecule has 1 aromatic heterocycles. The van der Waals surface area contributed by atoms with Gasteiger partial charge < -0.3 is 15.0 Å². The van der Waals surface area contributed by atoms with Crippen molar-refractivity contribution >= 4 is 11.9 Å². The highest BCUT2D eigenvalue weighted by atomic mass is 16.6. The van der Waals surface area contributed by atoms with Gasteiger partial charge in [-0.15, -0.1) is 0 Å². The Morgan fingerprint density at radius 3 is 2.81 bits per heavy atom.